The van der Waals surface area contributed by atoms with Gasteiger partial charge in [-0.2, -0.15) is 0 Å². The van der Waals surface area contributed by atoms with Crippen LogP contribution in [0.2, 0.25) is 0 Å². The van der Waals surface area contributed by atoms with Crippen LogP contribution in [0.3, 0.4) is 0 Å². The molecule has 0 radical (unpaired) electrons. The first kappa shape index (κ1) is 17.5. The van der Waals surface area contributed by atoms with Gasteiger partial charge in [0.2, 0.25) is 0 Å². The number of carbonyl (C=O) groups is 1. The summed E-state index contributed by atoms with van der Waals surface area (Å²) in [5, 5.41) is 6.17. The zero-order chi connectivity index (χ0) is 15.7. The second-order valence-electron chi connectivity index (χ2n) is 6.33. The Morgan fingerprint density at radius 2 is 1.90 bits per heavy atom. The Kier molecular flexibility index (Phi) is 7.23. The number of nitrogens with one attached hydrogen (secondary N) is 2. The maximum atomic E-state index is 11.5. The molecule has 0 aliphatic carbocycles. The van der Waals surface area contributed by atoms with Gasteiger partial charge in [0.05, 0.1) is 0 Å². The number of hydrogen-bond donors (Lipinski definition) is 2. The third-order valence-corrected chi connectivity index (χ3v) is 2.93. The van der Waals surface area contributed by atoms with Gasteiger partial charge in [-0.25, -0.2) is 4.79 Å². The highest BCUT2D eigenvalue weighted by Gasteiger charge is 2.16. The van der Waals surface area contributed by atoms with Crippen molar-refractivity contribution in [3.63, 3.8) is 0 Å². The summed E-state index contributed by atoms with van der Waals surface area (Å²) in [5.41, 5.74) is 0.912. The maximum Gasteiger partial charge on any atom is 0.407 e. The number of ether oxygens (including phenoxy) is 1. The van der Waals surface area contributed by atoms with E-state index in [0.717, 1.165) is 19.4 Å². The first-order chi connectivity index (χ1) is 9.87. The zero-order valence-corrected chi connectivity index (χ0v) is 13.6. The van der Waals surface area contributed by atoms with Crippen LogP contribution in [-0.4, -0.2) is 30.8 Å². The molecule has 0 spiro atoms. The minimum absolute atomic E-state index is 0.230. The van der Waals surface area contributed by atoms with Crippen molar-refractivity contribution >= 4 is 6.09 Å². The van der Waals surface area contributed by atoms with Gasteiger partial charge in [0, 0.05) is 12.6 Å². The molecule has 0 saturated carbocycles. The highest BCUT2D eigenvalue weighted by Crippen LogP contribution is 2.06. The Labute approximate surface area is 128 Å². The number of rotatable bonds is 7. The van der Waals surface area contributed by atoms with Gasteiger partial charge < -0.3 is 15.4 Å². The predicted octanol–water partition coefficient (Wildman–Crippen LogP) is 3.12. The van der Waals surface area contributed by atoms with Crippen LogP contribution in [0.4, 0.5) is 4.79 Å². The van der Waals surface area contributed by atoms with Gasteiger partial charge in [0.15, 0.2) is 0 Å². The molecule has 4 heteroatoms. The van der Waals surface area contributed by atoms with Crippen LogP contribution in [0, 0.1) is 0 Å². The summed E-state index contributed by atoms with van der Waals surface area (Å²) < 4.78 is 5.19. The van der Waals surface area contributed by atoms with Crippen LogP contribution in [0.15, 0.2) is 30.3 Å². The van der Waals surface area contributed by atoms with Crippen LogP contribution in [0.1, 0.15) is 39.7 Å². The number of carbonyl (C=O) groups excluding carboxylic acids is 1. The first-order valence-corrected chi connectivity index (χ1v) is 7.61. The van der Waals surface area contributed by atoms with Crippen molar-refractivity contribution in [1.82, 2.24) is 10.6 Å². The molecule has 1 amide bonds. The SMILES string of the molecule is CC(CNC(=O)OC(C)(C)C)NCCCc1ccccc1. The van der Waals surface area contributed by atoms with Crippen molar-refractivity contribution < 1.29 is 9.53 Å². The van der Waals surface area contributed by atoms with Gasteiger partial charge in [0.1, 0.15) is 5.60 Å². The number of alkyl carbamates (subject to hydrolysis) is 1. The lowest BCUT2D eigenvalue weighted by molar-refractivity contribution is 0.0523. The molecule has 21 heavy (non-hydrogen) atoms. The molecule has 0 saturated heterocycles. The lowest BCUT2D eigenvalue weighted by atomic mass is 10.1. The minimum atomic E-state index is -0.448. The smallest absolute Gasteiger partial charge is 0.407 e. The van der Waals surface area contributed by atoms with Gasteiger partial charge in [0.25, 0.3) is 0 Å². The summed E-state index contributed by atoms with van der Waals surface area (Å²) in [4.78, 5) is 11.5. The fourth-order valence-electron chi connectivity index (χ4n) is 1.91. The lowest BCUT2D eigenvalue weighted by Crippen LogP contribution is -2.41. The quantitative estimate of drug-likeness (QED) is 0.759. The fraction of sp³-hybridized carbons (Fsp3) is 0.588. The molecule has 1 rings (SSSR count). The Morgan fingerprint density at radius 1 is 1.24 bits per heavy atom. The van der Waals surface area contributed by atoms with E-state index in [0.29, 0.717) is 6.54 Å². The van der Waals surface area contributed by atoms with E-state index in [2.05, 4.69) is 41.8 Å². The molecule has 0 aliphatic heterocycles. The zero-order valence-electron chi connectivity index (χ0n) is 13.6. The standard InChI is InChI=1S/C17H28N2O2/c1-14(13-19-16(20)21-17(2,3)4)18-12-8-11-15-9-6-5-7-10-15/h5-7,9-10,14,18H,8,11-13H2,1-4H3,(H,19,20). The highest BCUT2D eigenvalue weighted by atomic mass is 16.6. The molecule has 118 valence electrons. The largest absolute Gasteiger partial charge is 0.444 e. The van der Waals surface area contributed by atoms with E-state index in [9.17, 15) is 4.79 Å². The van der Waals surface area contributed by atoms with E-state index in [1.165, 1.54) is 5.56 Å². The van der Waals surface area contributed by atoms with E-state index >= 15 is 0 Å². The van der Waals surface area contributed by atoms with E-state index in [-0.39, 0.29) is 12.1 Å². The lowest BCUT2D eigenvalue weighted by Gasteiger charge is -2.21. The van der Waals surface area contributed by atoms with E-state index in [1.54, 1.807) is 0 Å². The number of benzene rings is 1. The molecule has 0 heterocycles. The Hall–Kier alpha value is -1.55. The average Bonchev–Trinajstić information content (AvgIpc) is 2.41. The summed E-state index contributed by atoms with van der Waals surface area (Å²) in [5.74, 6) is 0. The van der Waals surface area contributed by atoms with Crippen molar-refractivity contribution in [2.75, 3.05) is 13.1 Å². The van der Waals surface area contributed by atoms with Crippen molar-refractivity contribution in [3.8, 4) is 0 Å². The maximum absolute atomic E-state index is 11.5. The highest BCUT2D eigenvalue weighted by molar-refractivity contribution is 5.67. The molecular formula is C17H28N2O2. The molecule has 0 aliphatic rings. The van der Waals surface area contributed by atoms with E-state index < -0.39 is 5.60 Å². The summed E-state index contributed by atoms with van der Waals surface area (Å²) in [7, 11) is 0. The normalized spacial score (nSPS) is 12.8. The van der Waals surface area contributed by atoms with Gasteiger partial charge >= 0.3 is 6.09 Å². The molecule has 1 atom stereocenters. The van der Waals surface area contributed by atoms with Gasteiger partial charge in [-0.1, -0.05) is 30.3 Å². The molecule has 0 aromatic heterocycles. The number of amides is 1. The Balaban J connectivity index is 2.09. The summed E-state index contributed by atoms with van der Waals surface area (Å²) >= 11 is 0. The monoisotopic (exact) mass is 292 g/mol. The molecule has 1 unspecified atom stereocenters. The minimum Gasteiger partial charge on any atom is -0.444 e. The molecule has 1 aromatic rings. The summed E-state index contributed by atoms with van der Waals surface area (Å²) in [6, 6.07) is 10.7. The predicted molar refractivity (Wildman–Crippen MR) is 86.5 cm³/mol. The van der Waals surface area contributed by atoms with Crippen LogP contribution in [-0.2, 0) is 11.2 Å². The van der Waals surface area contributed by atoms with Crippen LogP contribution in [0.25, 0.3) is 0 Å². The van der Waals surface area contributed by atoms with Crippen molar-refractivity contribution in [1.29, 1.82) is 0 Å². The second-order valence-corrected chi connectivity index (χ2v) is 6.33. The van der Waals surface area contributed by atoms with Gasteiger partial charge in [-0.15, -0.1) is 0 Å². The van der Waals surface area contributed by atoms with Crippen LogP contribution in [0.5, 0.6) is 0 Å². The van der Waals surface area contributed by atoms with Crippen molar-refractivity contribution in [2.45, 2.75) is 52.2 Å². The first-order valence-electron chi connectivity index (χ1n) is 7.61. The third-order valence-electron chi connectivity index (χ3n) is 2.93. The van der Waals surface area contributed by atoms with Crippen LogP contribution >= 0.6 is 0 Å². The summed E-state index contributed by atoms with van der Waals surface area (Å²) in [6.45, 7) is 9.14. The average molecular weight is 292 g/mol. The fourth-order valence-corrected chi connectivity index (χ4v) is 1.91. The number of hydrogen-bond acceptors (Lipinski definition) is 3. The Morgan fingerprint density at radius 3 is 2.52 bits per heavy atom. The van der Waals surface area contributed by atoms with Crippen molar-refractivity contribution in [3.05, 3.63) is 35.9 Å². The van der Waals surface area contributed by atoms with Crippen LogP contribution < -0.4 is 10.6 Å². The second kappa shape index (κ2) is 8.67. The van der Waals surface area contributed by atoms with Gasteiger partial charge in [-0.05, 0) is 52.6 Å². The van der Waals surface area contributed by atoms with Crippen molar-refractivity contribution in [2.24, 2.45) is 0 Å². The molecule has 1 aromatic carbocycles. The molecule has 2 N–H and O–H groups in total. The molecular weight excluding hydrogens is 264 g/mol. The van der Waals surface area contributed by atoms with Gasteiger partial charge in [-0.3, -0.25) is 0 Å². The third kappa shape index (κ3) is 9.08. The number of aryl methyl sites for hydroxylation is 1. The topological polar surface area (TPSA) is 50.4 Å². The van der Waals surface area contributed by atoms with E-state index in [4.69, 9.17) is 4.74 Å². The summed E-state index contributed by atoms with van der Waals surface area (Å²) in [6.07, 6.45) is 1.79. The molecule has 4 nitrogen and oxygen atoms in total. The Bertz CT molecular complexity index is 413. The molecule has 0 bridgehead atoms. The van der Waals surface area contributed by atoms with E-state index in [1.807, 2.05) is 26.8 Å². The molecule has 0 fully saturated rings.